The van der Waals surface area contributed by atoms with Gasteiger partial charge in [0.05, 0.1) is 5.69 Å². The summed E-state index contributed by atoms with van der Waals surface area (Å²) in [5, 5.41) is 9.63. The molecule has 5 nitrogen and oxygen atoms in total. The highest BCUT2D eigenvalue weighted by molar-refractivity contribution is 7.07. The molecule has 0 radical (unpaired) electrons. The first-order chi connectivity index (χ1) is 8.56. The minimum absolute atomic E-state index is 0.00366. The van der Waals surface area contributed by atoms with Crippen molar-refractivity contribution >= 4 is 11.3 Å². The van der Waals surface area contributed by atoms with Crippen molar-refractivity contribution in [2.45, 2.75) is 32.9 Å². The van der Waals surface area contributed by atoms with E-state index < -0.39 is 0 Å². The number of nitrogens with one attached hydrogen (secondary N) is 2. The molecule has 0 aliphatic carbocycles. The van der Waals surface area contributed by atoms with Crippen LogP contribution < -0.4 is 10.2 Å². The molecule has 0 aliphatic rings. The quantitative estimate of drug-likeness (QED) is 0.863. The highest BCUT2D eigenvalue weighted by atomic mass is 32.1. The average Bonchev–Trinajstić information content (AvgIpc) is 2.85. The average molecular weight is 266 g/mol. The molecule has 0 aliphatic heterocycles. The second-order valence-electron chi connectivity index (χ2n) is 4.64. The lowest BCUT2D eigenvalue weighted by Gasteiger charge is -2.06. The second-order valence-corrected chi connectivity index (χ2v) is 5.49. The number of thiazole rings is 1. The van der Waals surface area contributed by atoms with Crippen molar-refractivity contribution in [1.82, 2.24) is 20.1 Å². The molecular formula is C12H18N4OS. The number of rotatable bonds is 5. The van der Waals surface area contributed by atoms with Crippen LogP contribution in [0.5, 0.6) is 0 Å². The van der Waals surface area contributed by atoms with Gasteiger partial charge in [0, 0.05) is 43.0 Å². The standard InChI is InChI=1S/C12H18N4OS/c1-8(2)11-9(6-16(3)15-11)4-13-5-10-7-18-12(17)14-10/h6-8,13H,4-5H2,1-3H3,(H,14,17). The van der Waals surface area contributed by atoms with Gasteiger partial charge in [0.25, 0.3) is 0 Å². The maximum absolute atomic E-state index is 11.0. The molecule has 0 unspecified atom stereocenters. The number of aryl methyl sites for hydroxylation is 1. The van der Waals surface area contributed by atoms with Gasteiger partial charge in [-0.3, -0.25) is 9.48 Å². The molecule has 0 spiro atoms. The van der Waals surface area contributed by atoms with Gasteiger partial charge in [-0.1, -0.05) is 25.2 Å². The summed E-state index contributed by atoms with van der Waals surface area (Å²) in [5.41, 5.74) is 3.27. The summed E-state index contributed by atoms with van der Waals surface area (Å²) in [4.78, 5) is 13.8. The monoisotopic (exact) mass is 266 g/mol. The summed E-state index contributed by atoms with van der Waals surface area (Å²) >= 11 is 1.20. The molecule has 0 aromatic carbocycles. The Hall–Kier alpha value is -1.40. The molecule has 0 saturated carbocycles. The molecule has 0 atom stereocenters. The molecule has 18 heavy (non-hydrogen) atoms. The summed E-state index contributed by atoms with van der Waals surface area (Å²) in [5.74, 6) is 0.420. The van der Waals surface area contributed by atoms with Crippen LogP contribution in [0.15, 0.2) is 16.4 Å². The van der Waals surface area contributed by atoms with Crippen LogP contribution in [0.25, 0.3) is 0 Å². The van der Waals surface area contributed by atoms with Crippen molar-refractivity contribution in [3.63, 3.8) is 0 Å². The maximum Gasteiger partial charge on any atom is 0.304 e. The van der Waals surface area contributed by atoms with E-state index in [0.717, 1.165) is 17.9 Å². The first kappa shape index (κ1) is 13.0. The molecular weight excluding hydrogens is 248 g/mol. The van der Waals surface area contributed by atoms with Crippen molar-refractivity contribution in [2.24, 2.45) is 7.05 Å². The van der Waals surface area contributed by atoms with E-state index in [1.807, 2.05) is 23.3 Å². The third-order valence-corrected chi connectivity index (χ3v) is 3.40. The summed E-state index contributed by atoms with van der Waals surface area (Å²) in [6.45, 7) is 5.72. The zero-order chi connectivity index (χ0) is 13.1. The zero-order valence-electron chi connectivity index (χ0n) is 10.9. The summed E-state index contributed by atoms with van der Waals surface area (Å²) < 4.78 is 1.85. The molecule has 0 amide bonds. The van der Waals surface area contributed by atoms with Crippen molar-refractivity contribution in [3.05, 3.63) is 38.2 Å². The molecule has 2 aromatic heterocycles. The predicted molar refractivity (Wildman–Crippen MR) is 72.8 cm³/mol. The molecule has 0 bridgehead atoms. The number of hydrogen-bond acceptors (Lipinski definition) is 4. The molecule has 6 heteroatoms. The van der Waals surface area contributed by atoms with Gasteiger partial charge in [0.1, 0.15) is 0 Å². The Bertz CT molecular complexity index is 567. The fraction of sp³-hybridized carbons (Fsp3) is 0.500. The Morgan fingerprint density at radius 1 is 1.50 bits per heavy atom. The van der Waals surface area contributed by atoms with Crippen molar-refractivity contribution in [1.29, 1.82) is 0 Å². The largest absolute Gasteiger partial charge is 0.315 e. The van der Waals surface area contributed by atoms with Crippen molar-refractivity contribution < 1.29 is 0 Å². The van der Waals surface area contributed by atoms with Crippen molar-refractivity contribution in [3.8, 4) is 0 Å². The van der Waals surface area contributed by atoms with Crippen LogP contribution in [-0.2, 0) is 20.1 Å². The van der Waals surface area contributed by atoms with Crippen LogP contribution in [-0.4, -0.2) is 14.8 Å². The van der Waals surface area contributed by atoms with Gasteiger partial charge in [-0.2, -0.15) is 5.10 Å². The Kier molecular flexibility index (Phi) is 3.98. The number of aromatic nitrogens is 3. The molecule has 2 aromatic rings. The van der Waals surface area contributed by atoms with E-state index in [1.54, 1.807) is 0 Å². The molecule has 98 valence electrons. The van der Waals surface area contributed by atoms with Crippen LogP contribution >= 0.6 is 11.3 Å². The van der Waals surface area contributed by atoms with Gasteiger partial charge in [-0.15, -0.1) is 0 Å². The smallest absolute Gasteiger partial charge is 0.304 e. The third-order valence-electron chi connectivity index (χ3n) is 2.69. The number of H-pyrrole nitrogens is 1. The number of hydrogen-bond donors (Lipinski definition) is 2. The van der Waals surface area contributed by atoms with E-state index in [9.17, 15) is 4.79 Å². The highest BCUT2D eigenvalue weighted by Crippen LogP contribution is 2.16. The molecule has 2 N–H and O–H groups in total. The van der Waals surface area contributed by atoms with E-state index in [0.29, 0.717) is 12.5 Å². The van der Waals surface area contributed by atoms with Gasteiger partial charge >= 0.3 is 4.87 Å². The van der Waals surface area contributed by atoms with Crippen LogP contribution in [0.2, 0.25) is 0 Å². The SMILES string of the molecule is CC(C)c1nn(C)cc1CNCc1csc(=O)[nH]1. The van der Waals surface area contributed by atoms with Gasteiger partial charge in [0.15, 0.2) is 0 Å². The minimum atomic E-state index is -0.00366. The first-order valence-electron chi connectivity index (χ1n) is 5.96. The van der Waals surface area contributed by atoms with E-state index in [2.05, 4.69) is 29.2 Å². The lowest BCUT2D eigenvalue weighted by Crippen LogP contribution is -2.14. The van der Waals surface area contributed by atoms with E-state index in [1.165, 1.54) is 16.9 Å². The molecule has 2 rings (SSSR count). The Morgan fingerprint density at radius 2 is 2.28 bits per heavy atom. The molecule has 2 heterocycles. The normalized spacial score (nSPS) is 11.3. The molecule has 0 saturated heterocycles. The summed E-state index contributed by atoms with van der Waals surface area (Å²) in [6, 6.07) is 0. The fourth-order valence-electron chi connectivity index (χ4n) is 1.91. The fourth-order valence-corrected chi connectivity index (χ4v) is 2.49. The van der Waals surface area contributed by atoms with Gasteiger partial charge < -0.3 is 10.3 Å². The maximum atomic E-state index is 11.0. The van der Waals surface area contributed by atoms with Gasteiger partial charge in [-0.25, -0.2) is 0 Å². The number of aromatic amines is 1. The number of nitrogens with zero attached hydrogens (tertiary/aromatic N) is 2. The lowest BCUT2D eigenvalue weighted by atomic mass is 10.1. The van der Waals surface area contributed by atoms with Crippen molar-refractivity contribution in [2.75, 3.05) is 0 Å². The zero-order valence-corrected chi connectivity index (χ0v) is 11.7. The van der Waals surface area contributed by atoms with Gasteiger partial charge in [-0.05, 0) is 5.92 Å². The first-order valence-corrected chi connectivity index (χ1v) is 6.84. The lowest BCUT2D eigenvalue weighted by molar-refractivity contribution is 0.669. The third kappa shape index (κ3) is 3.08. The topological polar surface area (TPSA) is 62.7 Å². The Balaban J connectivity index is 1.96. The summed E-state index contributed by atoms with van der Waals surface area (Å²) in [6.07, 6.45) is 2.04. The molecule has 0 fully saturated rings. The van der Waals surface area contributed by atoms with E-state index in [-0.39, 0.29) is 4.87 Å². The van der Waals surface area contributed by atoms with Crippen LogP contribution in [0.3, 0.4) is 0 Å². The Labute approximate surface area is 110 Å². The van der Waals surface area contributed by atoms with Crippen LogP contribution in [0.4, 0.5) is 0 Å². The van der Waals surface area contributed by atoms with Gasteiger partial charge in [0.2, 0.25) is 0 Å². The summed E-state index contributed by atoms with van der Waals surface area (Å²) in [7, 11) is 1.94. The minimum Gasteiger partial charge on any atom is -0.315 e. The van der Waals surface area contributed by atoms with Crippen LogP contribution in [0, 0.1) is 0 Å². The Morgan fingerprint density at radius 3 is 2.89 bits per heavy atom. The predicted octanol–water partition coefficient (Wildman–Crippen LogP) is 1.58. The van der Waals surface area contributed by atoms with Crippen LogP contribution in [0.1, 0.15) is 36.7 Å². The highest BCUT2D eigenvalue weighted by Gasteiger charge is 2.10. The van der Waals surface area contributed by atoms with E-state index >= 15 is 0 Å². The van der Waals surface area contributed by atoms with E-state index in [4.69, 9.17) is 0 Å². The second kappa shape index (κ2) is 5.49.